The van der Waals surface area contributed by atoms with Crippen molar-refractivity contribution < 1.29 is 4.79 Å². The molecule has 0 radical (unpaired) electrons. The van der Waals surface area contributed by atoms with Gasteiger partial charge in [0.2, 0.25) is 5.91 Å². The normalized spacial score (nSPS) is 12.5. The number of likely N-dealkylation sites (N-methyl/N-ethyl adjacent to an activating group) is 1. The molecule has 2 unspecified atom stereocenters. The fourth-order valence-electron chi connectivity index (χ4n) is 2.04. The molecule has 2 rings (SSSR count). The van der Waals surface area contributed by atoms with E-state index in [2.05, 4.69) is 20.7 Å². The first-order valence-electron chi connectivity index (χ1n) is 6.49. The molecule has 0 spiro atoms. The Morgan fingerprint density at radius 1 is 1.32 bits per heavy atom. The number of nitrogens with zero attached hydrogens (tertiary/aromatic N) is 3. The molecule has 8 heteroatoms. The Kier molecular flexibility index (Phi) is 8.70. The zero-order valence-corrected chi connectivity index (χ0v) is 14.3. The van der Waals surface area contributed by atoms with Crippen LogP contribution >= 0.6 is 24.8 Å². The van der Waals surface area contributed by atoms with Gasteiger partial charge in [0.05, 0.1) is 17.9 Å². The maximum absolute atomic E-state index is 12.3. The monoisotopic (exact) mass is 345 g/mol. The third-order valence-electron chi connectivity index (χ3n) is 3.10. The molecule has 0 aliphatic heterocycles. The van der Waals surface area contributed by atoms with Crippen LogP contribution in [0.4, 0.5) is 0 Å². The van der Waals surface area contributed by atoms with Crippen LogP contribution in [-0.2, 0) is 11.8 Å². The molecule has 0 saturated carbocycles. The summed E-state index contributed by atoms with van der Waals surface area (Å²) in [7, 11) is 3.58. The van der Waals surface area contributed by atoms with Crippen LogP contribution in [0.2, 0.25) is 0 Å². The predicted molar refractivity (Wildman–Crippen MR) is 90.3 cm³/mol. The minimum atomic E-state index is -0.421. The van der Waals surface area contributed by atoms with E-state index in [1.54, 1.807) is 24.1 Å². The standard InChI is InChI=1S/C14H19N5O.2ClH/c1-10(12-6-4-5-7-16-12)18-14(20)13(15-2)11-8-17-19(3)9-11;;/h4-10,13,15H,1-3H3,(H,18,20);2*1H. The van der Waals surface area contributed by atoms with Gasteiger partial charge in [0.25, 0.3) is 0 Å². The Balaban J connectivity index is 0.00000220. The summed E-state index contributed by atoms with van der Waals surface area (Å²) in [4.78, 5) is 16.6. The molecule has 122 valence electrons. The number of hydrogen-bond donors (Lipinski definition) is 2. The van der Waals surface area contributed by atoms with Crippen molar-refractivity contribution in [2.75, 3.05) is 7.05 Å². The highest BCUT2D eigenvalue weighted by Crippen LogP contribution is 2.14. The van der Waals surface area contributed by atoms with E-state index in [4.69, 9.17) is 0 Å². The Morgan fingerprint density at radius 3 is 2.55 bits per heavy atom. The predicted octanol–water partition coefficient (Wildman–Crippen LogP) is 1.80. The molecule has 6 nitrogen and oxygen atoms in total. The summed E-state index contributed by atoms with van der Waals surface area (Å²) in [6.07, 6.45) is 5.23. The van der Waals surface area contributed by atoms with E-state index in [1.807, 2.05) is 38.4 Å². The molecule has 0 aromatic carbocycles. The third-order valence-corrected chi connectivity index (χ3v) is 3.10. The largest absolute Gasteiger partial charge is 0.346 e. The number of pyridine rings is 1. The number of aromatic nitrogens is 3. The van der Waals surface area contributed by atoms with Crippen LogP contribution in [0.5, 0.6) is 0 Å². The van der Waals surface area contributed by atoms with Gasteiger partial charge in [-0.2, -0.15) is 5.10 Å². The lowest BCUT2D eigenvalue weighted by Gasteiger charge is -2.18. The summed E-state index contributed by atoms with van der Waals surface area (Å²) in [5.41, 5.74) is 1.67. The Labute approximate surface area is 142 Å². The van der Waals surface area contributed by atoms with Gasteiger partial charge in [0.1, 0.15) is 6.04 Å². The van der Waals surface area contributed by atoms with Crippen molar-refractivity contribution in [1.82, 2.24) is 25.4 Å². The van der Waals surface area contributed by atoms with Crippen LogP contribution in [-0.4, -0.2) is 27.7 Å². The van der Waals surface area contributed by atoms with Crippen LogP contribution < -0.4 is 10.6 Å². The molecule has 2 aromatic heterocycles. The number of nitrogens with one attached hydrogen (secondary N) is 2. The van der Waals surface area contributed by atoms with Crippen LogP contribution in [0.1, 0.15) is 30.3 Å². The van der Waals surface area contributed by atoms with Gasteiger partial charge < -0.3 is 10.6 Å². The molecule has 0 saturated heterocycles. The minimum absolute atomic E-state index is 0. The molecule has 0 aliphatic carbocycles. The van der Waals surface area contributed by atoms with Gasteiger partial charge in [-0.25, -0.2) is 0 Å². The first-order chi connectivity index (χ1) is 9.61. The number of hydrogen-bond acceptors (Lipinski definition) is 4. The maximum Gasteiger partial charge on any atom is 0.242 e. The van der Waals surface area contributed by atoms with Crippen molar-refractivity contribution >= 4 is 30.7 Å². The summed E-state index contributed by atoms with van der Waals surface area (Å²) in [6.45, 7) is 1.91. The lowest BCUT2D eigenvalue weighted by molar-refractivity contribution is -0.123. The Morgan fingerprint density at radius 2 is 2.05 bits per heavy atom. The fourth-order valence-corrected chi connectivity index (χ4v) is 2.04. The summed E-state index contributed by atoms with van der Waals surface area (Å²) in [5, 5.41) is 10.0. The van der Waals surface area contributed by atoms with Gasteiger partial charge in [-0.15, -0.1) is 24.8 Å². The zero-order valence-electron chi connectivity index (χ0n) is 12.7. The van der Waals surface area contributed by atoms with Crippen molar-refractivity contribution in [3.63, 3.8) is 0 Å². The van der Waals surface area contributed by atoms with Crippen molar-refractivity contribution in [1.29, 1.82) is 0 Å². The van der Waals surface area contributed by atoms with Gasteiger partial charge in [0, 0.05) is 25.0 Å². The number of aryl methyl sites for hydroxylation is 1. The average molecular weight is 346 g/mol. The van der Waals surface area contributed by atoms with E-state index in [0.29, 0.717) is 0 Å². The number of halogens is 2. The lowest BCUT2D eigenvalue weighted by Crippen LogP contribution is -2.37. The van der Waals surface area contributed by atoms with Crippen LogP contribution in [0, 0.1) is 0 Å². The van der Waals surface area contributed by atoms with Crippen LogP contribution in [0.25, 0.3) is 0 Å². The first-order valence-corrected chi connectivity index (χ1v) is 6.49. The van der Waals surface area contributed by atoms with Crippen molar-refractivity contribution in [2.24, 2.45) is 7.05 Å². The quantitative estimate of drug-likeness (QED) is 0.866. The first kappa shape index (κ1) is 20.4. The van der Waals surface area contributed by atoms with Gasteiger partial charge in [-0.05, 0) is 26.1 Å². The number of amides is 1. The zero-order chi connectivity index (χ0) is 14.5. The molecular formula is C14H21Cl2N5O. The minimum Gasteiger partial charge on any atom is -0.346 e. The van der Waals surface area contributed by atoms with Crippen molar-refractivity contribution in [3.8, 4) is 0 Å². The highest BCUT2D eigenvalue weighted by molar-refractivity contribution is 5.85. The molecule has 2 aromatic rings. The fraction of sp³-hybridized carbons (Fsp3) is 0.357. The summed E-state index contributed by atoms with van der Waals surface area (Å²) in [6, 6.07) is 5.08. The average Bonchev–Trinajstić information content (AvgIpc) is 2.87. The van der Waals surface area contributed by atoms with Crippen molar-refractivity contribution in [3.05, 3.63) is 48.0 Å². The lowest BCUT2D eigenvalue weighted by atomic mass is 10.1. The molecule has 22 heavy (non-hydrogen) atoms. The summed E-state index contributed by atoms with van der Waals surface area (Å²) < 4.78 is 1.68. The molecule has 0 bridgehead atoms. The second-order valence-corrected chi connectivity index (χ2v) is 4.65. The van der Waals surface area contributed by atoms with E-state index < -0.39 is 6.04 Å². The van der Waals surface area contributed by atoms with Crippen LogP contribution in [0.15, 0.2) is 36.8 Å². The SMILES string of the molecule is CNC(C(=O)NC(C)c1ccccn1)c1cnn(C)c1.Cl.Cl. The summed E-state index contributed by atoms with van der Waals surface area (Å²) >= 11 is 0. The van der Waals surface area contributed by atoms with Crippen molar-refractivity contribution in [2.45, 2.75) is 19.0 Å². The molecule has 2 N–H and O–H groups in total. The molecule has 2 atom stereocenters. The van der Waals surface area contributed by atoms with E-state index in [1.165, 1.54) is 0 Å². The molecule has 0 fully saturated rings. The molecule has 1 amide bonds. The van der Waals surface area contributed by atoms with Gasteiger partial charge in [-0.3, -0.25) is 14.5 Å². The number of rotatable bonds is 5. The van der Waals surface area contributed by atoms with E-state index in [0.717, 1.165) is 11.3 Å². The molecule has 0 aliphatic rings. The molecule has 2 heterocycles. The second kappa shape index (κ2) is 9.40. The second-order valence-electron chi connectivity index (χ2n) is 4.65. The highest BCUT2D eigenvalue weighted by Gasteiger charge is 2.22. The highest BCUT2D eigenvalue weighted by atomic mass is 35.5. The van der Waals surface area contributed by atoms with Gasteiger partial charge in [-0.1, -0.05) is 6.07 Å². The van der Waals surface area contributed by atoms with Crippen LogP contribution in [0.3, 0.4) is 0 Å². The van der Waals surface area contributed by atoms with E-state index in [9.17, 15) is 4.79 Å². The maximum atomic E-state index is 12.3. The topological polar surface area (TPSA) is 71.8 Å². The Hall–Kier alpha value is -1.63. The third kappa shape index (κ3) is 4.98. The number of carbonyl (C=O) groups is 1. The van der Waals surface area contributed by atoms with E-state index >= 15 is 0 Å². The summed E-state index contributed by atoms with van der Waals surface area (Å²) in [5.74, 6) is -0.0985. The van der Waals surface area contributed by atoms with Gasteiger partial charge in [0.15, 0.2) is 0 Å². The smallest absolute Gasteiger partial charge is 0.242 e. The number of carbonyl (C=O) groups excluding carboxylic acids is 1. The van der Waals surface area contributed by atoms with Gasteiger partial charge >= 0.3 is 0 Å². The molecular weight excluding hydrogens is 325 g/mol. The Bertz CT molecular complexity index is 576. The van der Waals surface area contributed by atoms with E-state index in [-0.39, 0.29) is 36.8 Å².